The second-order valence-corrected chi connectivity index (χ2v) is 2.23. The summed E-state index contributed by atoms with van der Waals surface area (Å²) < 4.78 is 25.3. The van der Waals surface area contributed by atoms with Crippen molar-refractivity contribution in [1.82, 2.24) is 0 Å². The van der Waals surface area contributed by atoms with Crippen LogP contribution in [0.2, 0.25) is 0 Å². The third-order valence-electron chi connectivity index (χ3n) is 1.48. The number of nitriles is 1. The van der Waals surface area contributed by atoms with Crippen LogP contribution >= 0.6 is 0 Å². The van der Waals surface area contributed by atoms with Crippen molar-refractivity contribution >= 4 is 0 Å². The minimum absolute atomic E-state index is 0.0463. The van der Waals surface area contributed by atoms with Crippen molar-refractivity contribution in [3.63, 3.8) is 0 Å². The molecule has 1 rings (SSSR count). The molecule has 0 radical (unpaired) electrons. The molecule has 62 valence electrons. The molecular formula is C8H6F2N2. The zero-order chi connectivity index (χ0) is 9.14. The highest BCUT2D eigenvalue weighted by Crippen LogP contribution is 2.14. The van der Waals surface area contributed by atoms with Crippen LogP contribution in [0.15, 0.2) is 12.1 Å². The fourth-order valence-corrected chi connectivity index (χ4v) is 0.911. The first-order valence-electron chi connectivity index (χ1n) is 3.27. The van der Waals surface area contributed by atoms with Crippen LogP contribution in [0.25, 0.3) is 0 Å². The van der Waals surface area contributed by atoms with E-state index in [0.717, 1.165) is 6.07 Å². The molecule has 2 nitrogen and oxygen atoms in total. The largest absolute Gasteiger partial charge is 0.326 e. The molecule has 0 heterocycles. The molecule has 0 aromatic heterocycles. The van der Waals surface area contributed by atoms with Gasteiger partial charge in [-0.05, 0) is 6.07 Å². The zero-order valence-corrected chi connectivity index (χ0v) is 6.14. The van der Waals surface area contributed by atoms with Crippen molar-refractivity contribution < 1.29 is 8.78 Å². The minimum atomic E-state index is -0.769. The normalized spacial score (nSPS) is 9.50. The number of nitrogens with zero attached hydrogens (tertiary/aromatic N) is 1. The Morgan fingerprint density at radius 1 is 1.42 bits per heavy atom. The third-order valence-corrected chi connectivity index (χ3v) is 1.48. The Morgan fingerprint density at radius 2 is 2.08 bits per heavy atom. The summed E-state index contributed by atoms with van der Waals surface area (Å²) in [5, 5.41) is 8.46. The molecule has 1 aromatic rings. The first-order chi connectivity index (χ1) is 5.69. The number of halogens is 2. The molecule has 0 aliphatic rings. The average Bonchev–Trinajstić information content (AvgIpc) is 2.03. The van der Waals surface area contributed by atoms with Crippen LogP contribution in [0.1, 0.15) is 11.1 Å². The molecule has 1 aromatic carbocycles. The van der Waals surface area contributed by atoms with E-state index in [1.165, 1.54) is 0 Å². The van der Waals surface area contributed by atoms with Crippen LogP contribution in [0.5, 0.6) is 0 Å². The molecule has 0 saturated carbocycles. The predicted molar refractivity (Wildman–Crippen MR) is 39.0 cm³/mol. The van der Waals surface area contributed by atoms with Gasteiger partial charge in [0.2, 0.25) is 0 Å². The first kappa shape index (κ1) is 8.62. The zero-order valence-electron chi connectivity index (χ0n) is 6.14. The van der Waals surface area contributed by atoms with Crippen LogP contribution in [0.3, 0.4) is 0 Å². The van der Waals surface area contributed by atoms with Crippen LogP contribution in [0, 0.1) is 23.0 Å². The summed E-state index contributed by atoms with van der Waals surface area (Å²) in [6.45, 7) is -0.102. The van der Waals surface area contributed by atoms with Crippen molar-refractivity contribution in [3.8, 4) is 6.07 Å². The summed E-state index contributed by atoms with van der Waals surface area (Å²) in [7, 11) is 0. The molecule has 4 heteroatoms. The lowest BCUT2D eigenvalue weighted by atomic mass is 10.1. The average molecular weight is 168 g/mol. The maximum Gasteiger partial charge on any atom is 0.131 e. The molecule has 0 amide bonds. The molecule has 12 heavy (non-hydrogen) atoms. The highest BCUT2D eigenvalue weighted by atomic mass is 19.1. The van der Waals surface area contributed by atoms with Gasteiger partial charge in [0.1, 0.15) is 11.6 Å². The molecular weight excluding hydrogens is 162 g/mol. The van der Waals surface area contributed by atoms with E-state index in [0.29, 0.717) is 6.07 Å². The molecule has 0 aliphatic heterocycles. The van der Waals surface area contributed by atoms with E-state index in [-0.39, 0.29) is 17.7 Å². The second kappa shape index (κ2) is 3.28. The van der Waals surface area contributed by atoms with E-state index in [9.17, 15) is 8.78 Å². The summed E-state index contributed by atoms with van der Waals surface area (Å²) in [6.07, 6.45) is 0. The third kappa shape index (κ3) is 1.41. The predicted octanol–water partition coefficient (Wildman–Crippen LogP) is 1.30. The molecule has 0 bridgehead atoms. The Balaban J connectivity index is 3.36. The maximum atomic E-state index is 12.8. The van der Waals surface area contributed by atoms with Gasteiger partial charge in [0.05, 0.1) is 11.6 Å². The van der Waals surface area contributed by atoms with E-state index >= 15 is 0 Å². The second-order valence-electron chi connectivity index (χ2n) is 2.23. The first-order valence-corrected chi connectivity index (χ1v) is 3.27. The molecule has 0 aliphatic carbocycles. The smallest absolute Gasteiger partial charge is 0.131 e. The Bertz CT molecular complexity index is 342. The van der Waals surface area contributed by atoms with E-state index in [1.807, 2.05) is 0 Å². The molecule has 0 fully saturated rings. The van der Waals surface area contributed by atoms with Gasteiger partial charge in [0.15, 0.2) is 0 Å². The maximum absolute atomic E-state index is 12.8. The van der Waals surface area contributed by atoms with Crippen molar-refractivity contribution in [3.05, 3.63) is 34.9 Å². The van der Waals surface area contributed by atoms with Gasteiger partial charge in [0.25, 0.3) is 0 Å². The summed E-state index contributed by atoms with van der Waals surface area (Å²) in [6, 6.07) is 3.34. The molecule has 0 saturated heterocycles. The highest BCUT2D eigenvalue weighted by molar-refractivity contribution is 5.38. The van der Waals surface area contributed by atoms with E-state index < -0.39 is 11.6 Å². The van der Waals surface area contributed by atoms with Gasteiger partial charge in [-0.25, -0.2) is 8.78 Å². The van der Waals surface area contributed by atoms with Crippen molar-refractivity contribution in [2.45, 2.75) is 6.54 Å². The number of rotatable bonds is 1. The number of nitrogens with two attached hydrogens (primary N) is 1. The van der Waals surface area contributed by atoms with Crippen LogP contribution in [-0.2, 0) is 6.54 Å². The number of hydrogen-bond acceptors (Lipinski definition) is 2. The van der Waals surface area contributed by atoms with Crippen LogP contribution in [-0.4, -0.2) is 0 Å². The minimum Gasteiger partial charge on any atom is -0.326 e. The van der Waals surface area contributed by atoms with Crippen LogP contribution in [0.4, 0.5) is 8.78 Å². The topological polar surface area (TPSA) is 49.8 Å². The number of hydrogen-bond donors (Lipinski definition) is 1. The lowest BCUT2D eigenvalue weighted by Crippen LogP contribution is -2.03. The molecule has 0 unspecified atom stereocenters. The fourth-order valence-electron chi connectivity index (χ4n) is 0.911. The standard InChI is InChI=1S/C8H6F2N2/c9-6-1-5(3-11)7(4-12)8(10)2-6/h1-2H,4,12H2. The fraction of sp³-hybridized carbons (Fsp3) is 0.125. The molecule has 2 N–H and O–H groups in total. The van der Waals surface area contributed by atoms with Gasteiger partial charge in [-0.1, -0.05) is 0 Å². The summed E-state index contributed by atoms with van der Waals surface area (Å²) in [5.74, 6) is -1.53. The van der Waals surface area contributed by atoms with Crippen LogP contribution < -0.4 is 5.73 Å². The monoisotopic (exact) mass is 168 g/mol. The van der Waals surface area contributed by atoms with E-state index in [1.54, 1.807) is 6.07 Å². The Hall–Kier alpha value is -1.47. The highest BCUT2D eigenvalue weighted by Gasteiger charge is 2.08. The molecule has 0 atom stereocenters. The summed E-state index contributed by atoms with van der Waals surface area (Å²) in [5.41, 5.74) is 5.17. The van der Waals surface area contributed by atoms with Gasteiger partial charge < -0.3 is 5.73 Å². The van der Waals surface area contributed by atoms with Crippen molar-refractivity contribution in [1.29, 1.82) is 5.26 Å². The Labute approximate surface area is 68.2 Å². The SMILES string of the molecule is N#Cc1cc(F)cc(F)c1CN. The lowest BCUT2D eigenvalue weighted by molar-refractivity contribution is 0.571. The summed E-state index contributed by atoms with van der Waals surface area (Å²) in [4.78, 5) is 0. The quantitative estimate of drug-likeness (QED) is 0.686. The summed E-state index contributed by atoms with van der Waals surface area (Å²) >= 11 is 0. The van der Waals surface area contributed by atoms with Gasteiger partial charge in [0, 0.05) is 18.2 Å². The van der Waals surface area contributed by atoms with Crippen molar-refractivity contribution in [2.75, 3.05) is 0 Å². The Kier molecular flexibility index (Phi) is 2.36. The molecule has 0 spiro atoms. The van der Waals surface area contributed by atoms with Gasteiger partial charge in [-0.15, -0.1) is 0 Å². The van der Waals surface area contributed by atoms with Gasteiger partial charge in [-0.2, -0.15) is 5.26 Å². The number of benzene rings is 1. The van der Waals surface area contributed by atoms with E-state index in [4.69, 9.17) is 11.0 Å². The van der Waals surface area contributed by atoms with Gasteiger partial charge in [-0.3, -0.25) is 0 Å². The Morgan fingerprint density at radius 3 is 2.58 bits per heavy atom. The van der Waals surface area contributed by atoms with E-state index in [2.05, 4.69) is 0 Å². The van der Waals surface area contributed by atoms with Gasteiger partial charge >= 0.3 is 0 Å². The van der Waals surface area contributed by atoms with Crippen molar-refractivity contribution in [2.24, 2.45) is 5.73 Å². The lowest BCUT2D eigenvalue weighted by Gasteiger charge is -2.01.